The van der Waals surface area contributed by atoms with Crippen molar-refractivity contribution in [2.45, 2.75) is 37.6 Å². The molecule has 2 atom stereocenters. The molecule has 114 valence electrons. The lowest BCUT2D eigenvalue weighted by Gasteiger charge is -2.37. The van der Waals surface area contributed by atoms with E-state index in [4.69, 9.17) is 26.1 Å². The SMILES string of the molecule is COc1cccc2c1nc(C(C)Cl)n2C1(C)CCCOC1. The summed E-state index contributed by atoms with van der Waals surface area (Å²) >= 11 is 6.39. The van der Waals surface area contributed by atoms with E-state index in [0.29, 0.717) is 6.61 Å². The molecule has 1 aromatic heterocycles. The number of ether oxygens (including phenoxy) is 2. The van der Waals surface area contributed by atoms with Crippen LogP contribution in [-0.2, 0) is 10.3 Å². The van der Waals surface area contributed by atoms with E-state index >= 15 is 0 Å². The van der Waals surface area contributed by atoms with Crippen molar-refractivity contribution >= 4 is 22.6 Å². The number of aromatic nitrogens is 2. The van der Waals surface area contributed by atoms with Crippen molar-refractivity contribution in [2.24, 2.45) is 0 Å². The second kappa shape index (κ2) is 5.50. The smallest absolute Gasteiger partial charge is 0.146 e. The summed E-state index contributed by atoms with van der Waals surface area (Å²) in [7, 11) is 1.67. The lowest BCUT2D eigenvalue weighted by Crippen LogP contribution is -2.40. The quantitative estimate of drug-likeness (QED) is 0.808. The van der Waals surface area contributed by atoms with Crippen molar-refractivity contribution in [1.29, 1.82) is 0 Å². The average Bonchev–Trinajstić information content (AvgIpc) is 2.88. The summed E-state index contributed by atoms with van der Waals surface area (Å²) in [6.07, 6.45) is 2.11. The van der Waals surface area contributed by atoms with Gasteiger partial charge in [0.25, 0.3) is 0 Å². The summed E-state index contributed by atoms with van der Waals surface area (Å²) < 4.78 is 13.4. The molecule has 0 amide bonds. The van der Waals surface area contributed by atoms with Gasteiger partial charge in [0.15, 0.2) is 0 Å². The molecule has 1 saturated heterocycles. The Morgan fingerprint density at radius 1 is 1.48 bits per heavy atom. The lowest BCUT2D eigenvalue weighted by atomic mass is 9.94. The average molecular weight is 309 g/mol. The molecule has 1 aliphatic heterocycles. The molecular formula is C16H21ClN2O2. The minimum atomic E-state index is -0.166. The van der Waals surface area contributed by atoms with Crippen molar-refractivity contribution in [2.75, 3.05) is 20.3 Å². The monoisotopic (exact) mass is 308 g/mol. The second-order valence-corrected chi connectivity index (χ2v) is 6.56. The van der Waals surface area contributed by atoms with Crippen LogP contribution in [0.4, 0.5) is 0 Å². The van der Waals surface area contributed by atoms with E-state index in [1.165, 1.54) is 0 Å². The number of nitrogens with zero attached hydrogens (tertiary/aromatic N) is 2. The van der Waals surface area contributed by atoms with Crippen LogP contribution in [0.3, 0.4) is 0 Å². The second-order valence-electron chi connectivity index (χ2n) is 5.90. The van der Waals surface area contributed by atoms with Gasteiger partial charge in [-0.3, -0.25) is 0 Å². The van der Waals surface area contributed by atoms with Gasteiger partial charge in [0.05, 0.1) is 30.1 Å². The Kier molecular flexibility index (Phi) is 3.84. The molecule has 1 fully saturated rings. The van der Waals surface area contributed by atoms with E-state index in [0.717, 1.165) is 42.1 Å². The van der Waals surface area contributed by atoms with Crippen LogP contribution in [0.2, 0.25) is 0 Å². The topological polar surface area (TPSA) is 36.3 Å². The maximum atomic E-state index is 6.39. The highest BCUT2D eigenvalue weighted by molar-refractivity contribution is 6.20. The number of hydrogen-bond donors (Lipinski definition) is 0. The molecule has 0 radical (unpaired) electrons. The third kappa shape index (κ3) is 2.40. The zero-order chi connectivity index (χ0) is 15.0. The maximum absolute atomic E-state index is 6.39. The van der Waals surface area contributed by atoms with Gasteiger partial charge in [-0.2, -0.15) is 0 Å². The first-order valence-corrected chi connectivity index (χ1v) is 7.78. The van der Waals surface area contributed by atoms with Crippen LogP contribution in [0, 0.1) is 0 Å². The van der Waals surface area contributed by atoms with E-state index in [9.17, 15) is 0 Å². The minimum absolute atomic E-state index is 0.113. The van der Waals surface area contributed by atoms with Crippen molar-refractivity contribution in [3.05, 3.63) is 24.0 Å². The predicted molar refractivity (Wildman–Crippen MR) is 84.3 cm³/mol. The number of para-hydroxylation sites is 1. The molecule has 1 aliphatic rings. The summed E-state index contributed by atoms with van der Waals surface area (Å²) in [5, 5.41) is -0.166. The van der Waals surface area contributed by atoms with E-state index < -0.39 is 0 Å². The number of methoxy groups -OCH3 is 1. The van der Waals surface area contributed by atoms with Gasteiger partial charge in [-0.25, -0.2) is 4.98 Å². The number of hydrogen-bond acceptors (Lipinski definition) is 3. The van der Waals surface area contributed by atoms with E-state index in [1.807, 2.05) is 19.1 Å². The number of benzene rings is 1. The minimum Gasteiger partial charge on any atom is -0.494 e. The molecule has 4 nitrogen and oxygen atoms in total. The number of fused-ring (bicyclic) bond motifs is 1. The molecule has 2 aromatic rings. The molecule has 0 spiro atoms. The third-order valence-electron chi connectivity index (χ3n) is 4.21. The highest BCUT2D eigenvalue weighted by Crippen LogP contribution is 2.37. The van der Waals surface area contributed by atoms with Crippen LogP contribution >= 0.6 is 11.6 Å². The van der Waals surface area contributed by atoms with Gasteiger partial charge in [0.1, 0.15) is 17.1 Å². The molecule has 5 heteroatoms. The fourth-order valence-electron chi connectivity index (χ4n) is 3.19. The molecule has 0 bridgehead atoms. The summed E-state index contributed by atoms with van der Waals surface area (Å²) in [6, 6.07) is 6.00. The molecule has 0 saturated carbocycles. The first-order chi connectivity index (χ1) is 10.1. The molecule has 0 N–H and O–H groups in total. The Bertz CT molecular complexity index is 645. The molecule has 2 heterocycles. The van der Waals surface area contributed by atoms with Gasteiger partial charge in [0.2, 0.25) is 0 Å². The largest absolute Gasteiger partial charge is 0.494 e. The Hall–Kier alpha value is -1.26. The maximum Gasteiger partial charge on any atom is 0.146 e. The van der Waals surface area contributed by atoms with Crippen molar-refractivity contribution < 1.29 is 9.47 Å². The summed E-state index contributed by atoms with van der Waals surface area (Å²) in [5.41, 5.74) is 1.82. The van der Waals surface area contributed by atoms with Crippen LogP contribution in [0.15, 0.2) is 18.2 Å². The zero-order valence-electron chi connectivity index (χ0n) is 12.7. The Morgan fingerprint density at radius 2 is 2.29 bits per heavy atom. The number of alkyl halides is 1. The van der Waals surface area contributed by atoms with Crippen molar-refractivity contribution in [3.63, 3.8) is 0 Å². The van der Waals surface area contributed by atoms with Crippen LogP contribution in [0.25, 0.3) is 11.0 Å². The molecular weight excluding hydrogens is 288 g/mol. The van der Waals surface area contributed by atoms with Crippen LogP contribution in [0.5, 0.6) is 5.75 Å². The Labute approximate surface area is 130 Å². The zero-order valence-corrected chi connectivity index (χ0v) is 13.5. The molecule has 3 rings (SSSR count). The van der Waals surface area contributed by atoms with Gasteiger partial charge < -0.3 is 14.0 Å². The highest BCUT2D eigenvalue weighted by Gasteiger charge is 2.34. The summed E-state index contributed by atoms with van der Waals surface area (Å²) in [5.74, 6) is 1.66. The van der Waals surface area contributed by atoms with Crippen LogP contribution in [-0.4, -0.2) is 29.9 Å². The van der Waals surface area contributed by atoms with E-state index in [-0.39, 0.29) is 10.9 Å². The van der Waals surface area contributed by atoms with Crippen molar-refractivity contribution in [3.8, 4) is 5.75 Å². The predicted octanol–water partition coefficient (Wildman–Crippen LogP) is 3.87. The molecule has 0 aliphatic carbocycles. The van der Waals surface area contributed by atoms with E-state index in [1.54, 1.807) is 7.11 Å². The third-order valence-corrected chi connectivity index (χ3v) is 4.40. The Balaban J connectivity index is 2.26. The van der Waals surface area contributed by atoms with Crippen LogP contribution in [0.1, 0.15) is 37.9 Å². The molecule has 21 heavy (non-hydrogen) atoms. The van der Waals surface area contributed by atoms with Gasteiger partial charge >= 0.3 is 0 Å². The standard InChI is InChI=1S/C16H21ClN2O2/c1-11(17)15-18-14-12(6-4-7-13(14)20-3)19(15)16(2)8-5-9-21-10-16/h4,6-7,11H,5,8-10H2,1-3H3. The van der Waals surface area contributed by atoms with Crippen molar-refractivity contribution in [1.82, 2.24) is 9.55 Å². The number of rotatable bonds is 3. The normalized spacial score (nSPS) is 24.2. The van der Waals surface area contributed by atoms with Gasteiger partial charge in [-0.1, -0.05) is 6.07 Å². The molecule has 2 unspecified atom stereocenters. The number of halogens is 1. The Morgan fingerprint density at radius 3 is 2.90 bits per heavy atom. The first kappa shape index (κ1) is 14.7. The summed E-state index contributed by atoms with van der Waals surface area (Å²) in [4.78, 5) is 4.75. The highest BCUT2D eigenvalue weighted by atomic mass is 35.5. The van der Waals surface area contributed by atoms with Gasteiger partial charge in [-0.15, -0.1) is 11.6 Å². The fourth-order valence-corrected chi connectivity index (χ4v) is 3.33. The molecule has 1 aromatic carbocycles. The fraction of sp³-hybridized carbons (Fsp3) is 0.562. The van der Waals surface area contributed by atoms with Gasteiger partial charge in [0, 0.05) is 6.61 Å². The summed E-state index contributed by atoms with van der Waals surface area (Å²) in [6.45, 7) is 5.69. The first-order valence-electron chi connectivity index (χ1n) is 7.34. The van der Waals surface area contributed by atoms with E-state index in [2.05, 4.69) is 17.6 Å². The van der Waals surface area contributed by atoms with Crippen LogP contribution < -0.4 is 4.74 Å². The lowest BCUT2D eigenvalue weighted by molar-refractivity contribution is 0.0101. The number of imidazole rings is 1. The van der Waals surface area contributed by atoms with Gasteiger partial charge in [-0.05, 0) is 38.8 Å².